The van der Waals surface area contributed by atoms with Gasteiger partial charge in [-0.25, -0.2) is 15.0 Å². The van der Waals surface area contributed by atoms with Gasteiger partial charge in [0.15, 0.2) is 0 Å². The molecule has 18 heavy (non-hydrogen) atoms. The quantitative estimate of drug-likeness (QED) is 0.470. The summed E-state index contributed by atoms with van der Waals surface area (Å²) < 4.78 is 2.10. The highest BCUT2D eigenvalue weighted by atomic mass is 15.0. The van der Waals surface area contributed by atoms with Crippen molar-refractivity contribution in [1.29, 1.82) is 0 Å². The summed E-state index contributed by atoms with van der Waals surface area (Å²) >= 11 is 0. The Balaban J connectivity index is 2.35. The van der Waals surface area contributed by atoms with Crippen LogP contribution in [0.5, 0.6) is 0 Å². The minimum absolute atomic E-state index is 0.945. The molecule has 3 heterocycles. The van der Waals surface area contributed by atoms with Crippen molar-refractivity contribution in [3.63, 3.8) is 0 Å². The third kappa shape index (κ3) is 1.17. The van der Waals surface area contributed by atoms with Gasteiger partial charge in [-0.3, -0.25) is 4.40 Å². The van der Waals surface area contributed by atoms with Crippen molar-refractivity contribution in [3.8, 4) is 0 Å². The third-order valence-electron chi connectivity index (χ3n) is 3.18. The van der Waals surface area contributed by atoms with Crippen LogP contribution in [0.4, 0.5) is 0 Å². The van der Waals surface area contributed by atoms with Gasteiger partial charge in [0, 0.05) is 17.8 Å². The second kappa shape index (κ2) is 3.26. The van der Waals surface area contributed by atoms with Crippen molar-refractivity contribution in [2.24, 2.45) is 0 Å². The first-order valence-corrected chi connectivity index (χ1v) is 5.80. The standard InChI is InChI=1S/C14H10N4/c1-9-2-5-12-17-11-4-3-10-6-15-8-16-13(10)14(11)18(12)7-9/h2-8H,1H3. The Labute approximate surface area is 103 Å². The van der Waals surface area contributed by atoms with Crippen molar-refractivity contribution in [3.05, 3.63) is 48.5 Å². The minimum atomic E-state index is 0.945. The summed E-state index contributed by atoms with van der Waals surface area (Å²) in [7, 11) is 0. The minimum Gasteiger partial charge on any atom is -0.297 e. The maximum Gasteiger partial charge on any atom is 0.137 e. The maximum absolute atomic E-state index is 4.61. The fraction of sp³-hybridized carbons (Fsp3) is 0.0714. The monoisotopic (exact) mass is 234 g/mol. The molecule has 0 spiro atoms. The van der Waals surface area contributed by atoms with Gasteiger partial charge in [0.2, 0.25) is 0 Å². The molecule has 3 aromatic heterocycles. The van der Waals surface area contributed by atoms with Gasteiger partial charge in [-0.15, -0.1) is 0 Å². The van der Waals surface area contributed by atoms with Crippen molar-refractivity contribution >= 4 is 27.6 Å². The zero-order valence-electron chi connectivity index (χ0n) is 9.83. The summed E-state index contributed by atoms with van der Waals surface area (Å²) in [5.41, 5.74) is 5.11. The van der Waals surface area contributed by atoms with Gasteiger partial charge >= 0.3 is 0 Å². The van der Waals surface area contributed by atoms with Crippen molar-refractivity contribution < 1.29 is 0 Å². The lowest BCUT2D eigenvalue weighted by molar-refractivity contribution is 1.18. The molecule has 0 bridgehead atoms. The van der Waals surface area contributed by atoms with E-state index in [0.717, 1.165) is 27.6 Å². The van der Waals surface area contributed by atoms with Crippen LogP contribution in [0.2, 0.25) is 0 Å². The Hall–Kier alpha value is -2.49. The van der Waals surface area contributed by atoms with E-state index < -0.39 is 0 Å². The van der Waals surface area contributed by atoms with E-state index in [1.165, 1.54) is 5.56 Å². The summed E-state index contributed by atoms with van der Waals surface area (Å²) in [6.45, 7) is 2.07. The van der Waals surface area contributed by atoms with Gasteiger partial charge in [0.25, 0.3) is 0 Å². The Bertz CT molecular complexity index is 892. The van der Waals surface area contributed by atoms with Gasteiger partial charge in [0.05, 0.1) is 16.6 Å². The molecular formula is C14H10N4. The molecule has 0 aliphatic heterocycles. The topological polar surface area (TPSA) is 43.1 Å². The van der Waals surface area contributed by atoms with E-state index in [1.54, 1.807) is 6.33 Å². The predicted octanol–water partition coefficient (Wildman–Crippen LogP) is 2.74. The molecule has 4 nitrogen and oxygen atoms in total. The second-order valence-electron chi connectivity index (χ2n) is 4.44. The Morgan fingerprint density at radius 2 is 2.06 bits per heavy atom. The highest BCUT2D eigenvalue weighted by Crippen LogP contribution is 2.24. The fourth-order valence-corrected chi connectivity index (χ4v) is 2.35. The number of aryl methyl sites for hydroxylation is 1. The average molecular weight is 234 g/mol. The van der Waals surface area contributed by atoms with E-state index in [2.05, 4.69) is 38.5 Å². The molecule has 0 atom stereocenters. The van der Waals surface area contributed by atoms with Gasteiger partial charge in [-0.05, 0) is 30.7 Å². The lowest BCUT2D eigenvalue weighted by Crippen LogP contribution is -1.88. The van der Waals surface area contributed by atoms with Crippen LogP contribution in [0, 0.1) is 6.92 Å². The molecule has 0 saturated heterocycles. The van der Waals surface area contributed by atoms with Crippen molar-refractivity contribution in [2.45, 2.75) is 6.92 Å². The molecule has 0 fully saturated rings. The third-order valence-corrected chi connectivity index (χ3v) is 3.18. The number of fused-ring (bicyclic) bond motifs is 5. The number of hydrogen-bond acceptors (Lipinski definition) is 3. The van der Waals surface area contributed by atoms with Crippen LogP contribution in [-0.2, 0) is 0 Å². The van der Waals surface area contributed by atoms with Crippen molar-refractivity contribution in [1.82, 2.24) is 19.4 Å². The van der Waals surface area contributed by atoms with Gasteiger partial charge in [-0.2, -0.15) is 0 Å². The van der Waals surface area contributed by atoms with Crippen LogP contribution in [0.15, 0.2) is 43.0 Å². The Morgan fingerprint density at radius 3 is 3.00 bits per heavy atom. The largest absolute Gasteiger partial charge is 0.297 e. The smallest absolute Gasteiger partial charge is 0.137 e. The summed E-state index contributed by atoms with van der Waals surface area (Å²) in [6.07, 6.45) is 5.50. The number of benzene rings is 1. The van der Waals surface area contributed by atoms with E-state index in [1.807, 2.05) is 24.4 Å². The van der Waals surface area contributed by atoms with Gasteiger partial charge < -0.3 is 0 Å². The number of imidazole rings is 1. The first kappa shape index (κ1) is 9.53. The molecule has 86 valence electrons. The summed E-state index contributed by atoms with van der Waals surface area (Å²) in [4.78, 5) is 13.1. The molecule has 0 aliphatic rings. The first-order chi connectivity index (χ1) is 8.83. The van der Waals surface area contributed by atoms with Crippen LogP contribution in [0.1, 0.15) is 5.56 Å². The molecule has 0 aliphatic carbocycles. The summed E-state index contributed by atoms with van der Waals surface area (Å²) in [5.74, 6) is 0. The molecule has 0 unspecified atom stereocenters. The number of aromatic nitrogens is 4. The van der Waals surface area contributed by atoms with Crippen LogP contribution in [-0.4, -0.2) is 19.4 Å². The van der Waals surface area contributed by atoms with Gasteiger partial charge in [0.1, 0.15) is 12.0 Å². The van der Waals surface area contributed by atoms with E-state index in [9.17, 15) is 0 Å². The fourth-order valence-electron chi connectivity index (χ4n) is 2.35. The Morgan fingerprint density at radius 1 is 1.11 bits per heavy atom. The van der Waals surface area contributed by atoms with E-state index in [-0.39, 0.29) is 0 Å². The van der Waals surface area contributed by atoms with E-state index in [4.69, 9.17) is 0 Å². The molecule has 0 radical (unpaired) electrons. The number of pyridine rings is 1. The molecule has 4 rings (SSSR count). The molecular weight excluding hydrogens is 224 g/mol. The van der Waals surface area contributed by atoms with Gasteiger partial charge in [-0.1, -0.05) is 6.07 Å². The zero-order valence-corrected chi connectivity index (χ0v) is 9.83. The molecule has 0 amide bonds. The normalized spacial score (nSPS) is 11.6. The maximum atomic E-state index is 4.61. The van der Waals surface area contributed by atoms with Crippen molar-refractivity contribution in [2.75, 3.05) is 0 Å². The number of hydrogen-bond donors (Lipinski definition) is 0. The van der Waals surface area contributed by atoms with Crippen LogP contribution >= 0.6 is 0 Å². The van der Waals surface area contributed by atoms with Crippen LogP contribution in [0.3, 0.4) is 0 Å². The van der Waals surface area contributed by atoms with E-state index >= 15 is 0 Å². The van der Waals surface area contributed by atoms with E-state index in [0.29, 0.717) is 0 Å². The molecule has 1 aromatic carbocycles. The Kier molecular flexibility index (Phi) is 1.73. The van der Waals surface area contributed by atoms with Crippen LogP contribution < -0.4 is 0 Å². The SMILES string of the molecule is Cc1ccc2nc3ccc4cncnc4c3n2c1. The molecule has 0 N–H and O–H groups in total. The lowest BCUT2D eigenvalue weighted by atomic mass is 10.2. The summed E-state index contributed by atoms with van der Waals surface area (Å²) in [5, 5.41) is 1.04. The number of rotatable bonds is 0. The molecule has 4 heteroatoms. The molecule has 0 saturated carbocycles. The highest BCUT2D eigenvalue weighted by Gasteiger charge is 2.09. The average Bonchev–Trinajstić information content (AvgIpc) is 2.77. The predicted molar refractivity (Wildman–Crippen MR) is 70.5 cm³/mol. The number of nitrogens with zero attached hydrogens (tertiary/aromatic N) is 4. The lowest BCUT2D eigenvalue weighted by Gasteiger charge is -2.00. The molecule has 4 aromatic rings. The summed E-state index contributed by atoms with van der Waals surface area (Å²) in [6, 6.07) is 8.13. The first-order valence-electron chi connectivity index (χ1n) is 5.80. The second-order valence-corrected chi connectivity index (χ2v) is 4.44. The van der Waals surface area contributed by atoms with Crippen LogP contribution in [0.25, 0.3) is 27.6 Å². The zero-order chi connectivity index (χ0) is 12.1. The highest BCUT2D eigenvalue weighted by molar-refractivity contribution is 6.02.